The summed E-state index contributed by atoms with van der Waals surface area (Å²) in [6, 6.07) is 13.8. The zero-order chi connectivity index (χ0) is 21.9. The summed E-state index contributed by atoms with van der Waals surface area (Å²) in [5.74, 6) is -1.40. The molecule has 0 spiro atoms. The van der Waals surface area contributed by atoms with Crippen LogP contribution in [0, 0.1) is 18.8 Å². The number of amides is 3. The van der Waals surface area contributed by atoms with Gasteiger partial charge in [-0.1, -0.05) is 35.9 Å². The van der Waals surface area contributed by atoms with Gasteiger partial charge in [-0.3, -0.25) is 9.59 Å². The zero-order valence-electron chi connectivity index (χ0n) is 17.7. The van der Waals surface area contributed by atoms with Crippen LogP contribution in [0.2, 0.25) is 0 Å². The fourth-order valence-electron chi connectivity index (χ4n) is 5.42. The number of rotatable bonds is 3. The number of anilines is 1. The summed E-state index contributed by atoms with van der Waals surface area (Å²) >= 11 is 0. The Labute approximate surface area is 180 Å². The maximum absolute atomic E-state index is 13.8. The molecule has 31 heavy (non-hydrogen) atoms. The van der Waals surface area contributed by atoms with E-state index in [1.54, 1.807) is 43.0 Å². The maximum Gasteiger partial charge on any atom is 0.332 e. The first-order valence-electron chi connectivity index (χ1n) is 10.5. The Balaban J connectivity index is 1.70. The lowest BCUT2D eigenvalue weighted by Crippen LogP contribution is -2.51. The Kier molecular flexibility index (Phi) is 4.32. The van der Waals surface area contributed by atoms with E-state index in [-0.39, 0.29) is 19.1 Å². The van der Waals surface area contributed by atoms with Gasteiger partial charge in [-0.15, -0.1) is 0 Å². The van der Waals surface area contributed by atoms with Crippen LogP contribution in [0.3, 0.4) is 0 Å². The average molecular weight is 420 g/mol. The summed E-state index contributed by atoms with van der Waals surface area (Å²) < 4.78 is 11.4. The van der Waals surface area contributed by atoms with E-state index in [0.29, 0.717) is 11.4 Å². The molecule has 7 heteroatoms. The Bertz CT molecular complexity index is 1080. The summed E-state index contributed by atoms with van der Waals surface area (Å²) in [5.41, 5.74) is 0.972. The Morgan fingerprint density at radius 2 is 1.94 bits per heavy atom. The highest BCUT2D eigenvalue weighted by Gasteiger charge is 2.72. The van der Waals surface area contributed by atoms with Gasteiger partial charge in [-0.2, -0.15) is 0 Å². The monoisotopic (exact) mass is 420 g/mol. The maximum atomic E-state index is 13.8. The molecule has 4 atom stereocenters. The normalized spacial score (nSPS) is 28.7. The highest BCUT2D eigenvalue weighted by atomic mass is 16.5. The predicted octanol–water partition coefficient (Wildman–Crippen LogP) is 3.47. The Morgan fingerprint density at radius 1 is 1.19 bits per heavy atom. The van der Waals surface area contributed by atoms with Crippen molar-refractivity contribution in [2.75, 3.05) is 18.1 Å². The van der Waals surface area contributed by atoms with E-state index < -0.39 is 35.4 Å². The number of fused-ring (bicyclic) bond motifs is 5. The molecule has 0 bridgehead atoms. The molecular weight excluding hydrogens is 396 g/mol. The molecule has 3 aliphatic heterocycles. The smallest absolute Gasteiger partial charge is 0.332 e. The molecule has 5 rings (SSSR count). The summed E-state index contributed by atoms with van der Waals surface area (Å²) in [5, 5.41) is 0. The number of urea groups is 1. The minimum atomic E-state index is -1.36. The van der Waals surface area contributed by atoms with Crippen molar-refractivity contribution < 1.29 is 23.9 Å². The molecule has 2 fully saturated rings. The second-order valence-electron chi connectivity index (χ2n) is 8.47. The van der Waals surface area contributed by atoms with E-state index in [1.165, 1.54) is 4.90 Å². The fraction of sp³-hybridized carbons (Fsp3) is 0.375. The lowest BCUT2D eigenvalue weighted by Gasteiger charge is -2.34. The van der Waals surface area contributed by atoms with Crippen molar-refractivity contribution in [2.45, 2.75) is 32.4 Å². The van der Waals surface area contributed by atoms with Crippen LogP contribution in [0.4, 0.5) is 10.5 Å². The van der Waals surface area contributed by atoms with Gasteiger partial charge in [0.2, 0.25) is 0 Å². The highest BCUT2D eigenvalue weighted by Crippen LogP contribution is 2.58. The van der Waals surface area contributed by atoms with Crippen molar-refractivity contribution in [1.82, 2.24) is 4.90 Å². The number of carbonyl (C=O) groups is 3. The topological polar surface area (TPSA) is 76.2 Å². The molecule has 3 aliphatic rings. The third-order valence-electron chi connectivity index (χ3n) is 6.72. The van der Waals surface area contributed by atoms with Crippen LogP contribution in [0.15, 0.2) is 48.5 Å². The van der Waals surface area contributed by atoms with Gasteiger partial charge in [0.15, 0.2) is 0 Å². The van der Waals surface area contributed by atoms with Gasteiger partial charge in [-0.25, -0.2) is 9.69 Å². The second kappa shape index (κ2) is 6.83. The number of ether oxygens (including phenoxy) is 2. The largest absolute Gasteiger partial charge is 0.493 e. The van der Waals surface area contributed by atoms with Gasteiger partial charge in [0.05, 0.1) is 30.9 Å². The average Bonchev–Trinajstić information content (AvgIpc) is 3.14. The standard InChI is InChI=1S/C24H24N2O5/c1-4-30-21(27)19-17-13-31-18-11-10-14(2)12-16(18)20(17)26-23(29)25(22(28)24(19,26)3)15-8-6-5-7-9-15/h5-12,17,19-20H,4,13H2,1-3H3/t17-,19+,20+,24-/m1/s1. The molecule has 3 amide bonds. The first-order valence-corrected chi connectivity index (χ1v) is 10.5. The molecule has 0 aromatic heterocycles. The Morgan fingerprint density at radius 3 is 2.65 bits per heavy atom. The summed E-state index contributed by atoms with van der Waals surface area (Å²) in [6.45, 7) is 5.82. The van der Waals surface area contributed by atoms with Crippen molar-refractivity contribution in [1.29, 1.82) is 0 Å². The van der Waals surface area contributed by atoms with E-state index in [2.05, 4.69) is 0 Å². The zero-order valence-corrected chi connectivity index (χ0v) is 17.7. The van der Waals surface area contributed by atoms with Crippen molar-refractivity contribution in [3.63, 3.8) is 0 Å². The number of hydrogen-bond acceptors (Lipinski definition) is 5. The van der Waals surface area contributed by atoms with E-state index >= 15 is 0 Å². The molecule has 0 saturated carbocycles. The van der Waals surface area contributed by atoms with Crippen molar-refractivity contribution >= 4 is 23.6 Å². The van der Waals surface area contributed by atoms with Crippen LogP contribution in [0.5, 0.6) is 5.75 Å². The molecule has 2 aromatic rings. The van der Waals surface area contributed by atoms with Crippen molar-refractivity contribution in [3.05, 3.63) is 59.7 Å². The number of para-hydroxylation sites is 1. The first kappa shape index (κ1) is 19.6. The van der Waals surface area contributed by atoms with Gasteiger partial charge in [-0.05, 0) is 39.0 Å². The predicted molar refractivity (Wildman–Crippen MR) is 113 cm³/mol. The number of esters is 1. The van der Waals surface area contributed by atoms with Crippen LogP contribution < -0.4 is 9.64 Å². The number of benzene rings is 2. The molecule has 0 radical (unpaired) electrons. The molecule has 2 saturated heterocycles. The highest BCUT2D eigenvalue weighted by molar-refractivity contribution is 6.24. The van der Waals surface area contributed by atoms with Crippen LogP contribution >= 0.6 is 0 Å². The number of imide groups is 1. The van der Waals surface area contributed by atoms with Crippen LogP contribution in [0.25, 0.3) is 0 Å². The van der Waals surface area contributed by atoms with E-state index in [1.807, 2.05) is 31.2 Å². The SMILES string of the molecule is CCOC(=O)[C@@H]1[C@H]2COc3ccc(C)cc3[C@@H]2N2C(=O)N(c3ccccc3)C(=O)[C@@]12C. The van der Waals surface area contributed by atoms with Crippen molar-refractivity contribution in [3.8, 4) is 5.75 Å². The van der Waals surface area contributed by atoms with Crippen LogP contribution in [-0.2, 0) is 14.3 Å². The quantitative estimate of drug-likeness (QED) is 0.561. The minimum absolute atomic E-state index is 0.198. The molecule has 2 aromatic carbocycles. The van der Waals surface area contributed by atoms with Crippen LogP contribution in [0.1, 0.15) is 31.0 Å². The third-order valence-corrected chi connectivity index (χ3v) is 6.72. The molecular formula is C24H24N2O5. The molecule has 160 valence electrons. The number of nitrogens with zero attached hydrogens (tertiary/aromatic N) is 2. The number of carbonyl (C=O) groups excluding carboxylic acids is 3. The Hall–Kier alpha value is -3.35. The molecule has 0 unspecified atom stereocenters. The summed E-state index contributed by atoms with van der Waals surface area (Å²) in [4.78, 5) is 43.4. The van der Waals surface area contributed by atoms with Crippen molar-refractivity contribution in [2.24, 2.45) is 11.8 Å². The van der Waals surface area contributed by atoms with E-state index in [9.17, 15) is 14.4 Å². The number of aryl methyl sites for hydroxylation is 1. The van der Waals surface area contributed by atoms with Gasteiger partial charge in [0.1, 0.15) is 11.3 Å². The van der Waals surface area contributed by atoms with Crippen LogP contribution in [-0.4, -0.2) is 41.6 Å². The van der Waals surface area contributed by atoms with E-state index in [4.69, 9.17) is 9.47 Å². The molecule has 7 nitrogen and oxygen atoms in total. The fourth-order valence-corrected chi connectivity index (χ4v) is 5.42. The van der Waals surface area contributed by atoms with Gasteiger partial charge >= 0.3 is 12.0 Å². The van der Waals surface area contributed by atoms with Gasteiger partial charge < -0.3 is 14.4 Å². The first-order chi connectivity index (χ1) is 14.9. The summed E-state index contributed by atoms with van der Waals surface area (Å²) in [6.07, 6.45) is 0. The number of hydrogen-bond donors (Lipinski definition) is 0. The third kappa shape index (κ3) is 2.55. The molecule has 3 heterocycles. The molecule has 0 aliphatic carbocycles. The lowest BCUT2D eigenvalue weighted by atomic mass is 9.77. The lowest BCUT2D eigenvalue weighted by molar-refractivity contribution is -0.154. The summed E-state index contributed by atoms with van der Waals surface area (Å²) in [7, 11) is 0. The molecule has 0 N–H and O–H groups in total. The minimum Gasteiger partial charge on any atom is -0.493 e. The van der Waals surface area contributed by atoms with Gasteiger partial charge in [0.25, 0.3) is 5.91 Å². The van der Waals surface area contributed by atoms with Gasteiger partial charge in [0, 0.05) is 11.5 Å². The van der Waals surface area contributed by atoms with E-state index in [0.717, 1.165) is 11.1 Å². The second-order valence-corrected chi connectivity index (χ2v) is 8.47.